The number of esters is 1. The van der Waals surface area contributed by atoms with E-state index in [1.165, 1.54) is 12.0 Å². The van der Waals surface area contributed by atoms with Gasteiger partial charge in [0, 0.05) is 12.6 Å². The maximum absolute atomic E-state index is 13.4. The van der Waals surface area contributed by atoms with Gasteiger partial charge in [0.25, 0.3) is 11.6 Å². The van der Waals surface area contributed by atoms with Crippen molar-refractivity contribution < 1.29 is 33.8 Å². The van der Waals surface area contributed by atoms with Crippen molar-refractivity contribution in [2.45, 2.75) is 103 Å². The Hall–Kier alpha value is -3.25. The summed E-state index contributed by atoms with van der Waals surface area (Å²) in [5.74, 6) is -0.176. The van der Waals surface area contributed by atoms with Crippen LogP contribution in [0, 0.1) is 10.1 Å². The van der Waals surface area contributed by atoms with Crippen LogP contribution in [-0.4, -0.2) is 79.4 Å². The van der Waals surface area contributed by atoms with Crippen LogP contribution in [0.3, 0.4) is 0 Å². The molecular formula is C30H50N4O8. The number of hydrogen-bond acceptors (Lipinski definition) is 10. The summed E-state index contributed by atoms with van der Waals surface area (Å²) in [6.45, 7) is 6.51. The Morgan fingerprint density at radius 3 is 2.48 bits per heavy atom. The molecule has 3 atom stereocenters. The number of unbranched alkanes of at least 4 members (excludes halogenated alkanes) is 3. The van der Waals surface area contributed by atoms with E-state index in [0.717, 1.165) is 45.1 Å². The first-order valence-electron chi connectivity index (χ1n) is 15.1. The van der Waals surface area contributed by atoms with Gasteiger partial charge in [0.2, 0.25) is 5.91 Å². The Morgan fingerprint density at radius 1 is 1.10 bits per heavy atom. The number of benzene rings is 1. The smallest absolute Gasteiger partial charge is 0.323 e. The van der Waals surface area contributed by atoms with Crippen LogP contribution in [0.2, 0.25) is 0 Å². The van der Waals surface area contributed by atoms with Gasteiger partial charge in [-0.2, -0.15) is 0 Å². The topological polar surface area (TPSA) is 163 Å². The fourth-order valence-corrected chi connectivity index (χ4v) is 4.76. The molecule has 0 saturated carbocycles. The van der Waals surface area contributed by atoms with Crippen LogP contribution in [0.1, 0.15) is 83.6 Å². The summed E-state index contributed by atoms with van der Waals surface area (Å²) in [6.07, 6.45) is 9.06. The van der Waals surface area contributed by atoms with Crippen LogP contribution in [-0.2, 0) is 35.1 Å². The van der Waals surface area contributed by atoms with Gasteiger partial charge in [-0.15, -0.1) is 10.1 Å². The van der Waals surface area contributed by atoms with Crippen LogP contribution < -0.4 is 11.1 Å². The second-order valence-corrected chi connectivity index (χ2v) is 10.3. The molecule has 3 N–H and O–H groups in total. The van der Waals surface area contributed by atoms with Crippen molar-refractivity contribution in [1.29, 1.82) is 0 Å². The standard InChI is InChI=1S/C24H39N3O3.C6H11NO5/c1-3-30-24(29)22(16-15-20-12-5-4-6-13-20)26-21(14-7-9-17-25)23(28)27-18-10-8-11-19(27)2;8-6-11-4-2-1-3-5-12-7(9)10/h4-6,12-13,19,21-22,26H,3,7-11,14-18,25H2,1-2H3;6H,1-5H2. The van der Waals surface area contributed by atoms with Gasteiger partial charge in [-0.3, -0.25) is 19.7 Å². The number of hydrogen-bond donors (Lipinski definition) is 2. The third-order valence-electron chi connectivity index (χ3n) is 7.04. The van der Waals surface area contributed by atoms with Crippen molar-refractivity contribution in [3.8, 4) is 0 Å². The molecule has 1 fully saturated rings. The van der Waals surface area contributed by atoms with E-state index in [1.807, 2.05) is 30.0 Å². The van der Waals surface area contributed by atoms with Gasteiger partial charge in [0.15, 0.2) is 0 Å². The van der Waals surface area contributed by atoms with E-state index in [0.29, 0.717) is 51.9 Å². The Kier molecular flexibility index (Phi) is 20.4. The van der Waals surface area contributed by atoms with Crippen molar-refractivity contribution in [1.82, 2.24) is 10.2 Å². The number of rotatable bonds is 20. The molecule has 1 aromatic rings. The Bertz CT molecular complexity index is 889. The minimum Gasteiger partial charge on any atom is -0.468 e. The predicted molar refractivity (Wildman–Crippen MR) is 159 cm³/mol. The summed E-state index contributed by atoms with van der Waals surface area (Å²) in [5.41, 5.74) is 6.84. The minimum absolute atomic E-state index is 0.105. The zero-order valence-electron chi connectivity index (χ0n) is 25.2. The fourth-order valence-electron chi connectivity index (χ4n) is 4.76. The van der Waals surface area contributed by atoms with Crippen molar-refractivity contribution in [2.75, 3.05) is 32.9 Å². The summed E-state index contributed by atoms with van der Waals surface area (Å²) < 4.78 is 9.72. The van der Waals surface area contributed by atoms with Gasteiger partial charge in [-0.1, -0.05) is 36.8 Å². The number of nitrogens with two attached hydrogens (primary N) is 1. The SMILES string of the molecule is CCOC(=O)C(CCc1ccccc1)NC(CCCCN)C(=O)N1CCCCC1C.O=COCCCCCO[N+](=O)[O-]. The molecule has 1 amide bonds. The summed E-state index contributed by atoms with van der Waals surface area (Å²) >= 11 is 0. The molecule has 3 unspecified atom stereocenters. The highest BCUT2D eigenvalue weighted by Gasteiger charge is 2.32. The van der Waals surface area contributed by atoms with Gasteiger partial charge in [-0.25, -0.2) is 0 Å². The lowest BCUT2D eigenvalue weighted by Crippen LogP contribution is -2.55. The average molecular weight is 595 g/mol. The van der Waals surface area contributed by atoms with Crippen LogP contribution in [0.25, 0.3) is 0 Å². The molecule has 238 valence electrons. The van der Waals surface area contributed by atoms with Gasteiger partial charge in [0.05, 0.1) is 25.9 Å². The molecule has 1 saturated heterocycles. The number of aryl methyl sites for hydroxylation is 1. The Labute approximate surface area is 249 Å². The maximum Gasteiger partial charge on any atom is 0.323 e. The highest BCUT2D eigenvalue weighted by molar-refractivity contribution is 5.84. The van der Waals surface area contributed by atoms with E-state index in [9.17, 15) is 24.5 Å². The average Bonchev–Trinajstić information content (AvgIpc) is 2.98. The number of nitrogens with one attached hydrogen (secondary N) is 1. The molecule has 0 bridgehead atoms. The maximum atomic E-state index is 13.4. The highest BCUT2D eigenvalue weighted by atomic mass is 16.9. The molecule has 12 nitrogen and oxygen atoms in total. The first-order valence-corrected chi connectivity index (χ1v) is 15.1. The Balaban J connectivity index is 0.000000619. The number of piperidine rings is 1. The minimum atomic E-state index is -0.818. The van der Waals surface area contributed by atoms with Crippen molar-refractivity contribution in [2.24, 2.45) is 5.73 Å². The van der Waals surface area contributed by atoms with E-state index in [1.54, 1.807) is 0 Å². The third kappa shape index (κ3) is 16.3. The van der Waals surface area contributed by atoms with Crippen LogP contribution in [0.5, 0.6) is 0 Å². The summed E-state index contributed by atoms with van der Waals surface area (Å²) in [4.78, 5) is 51.4. The largest absolute Gasteiger partial charge is 0.468 e. The normalized spacial score (nSPS) is 15.9. The van der Waals surface area contributed by atoms with Gasteiger partial charge < -0.3 is 24.9 Å². The molecule has 0 spiro atoms. The zero-order chi connectivity index (χ0) is 31.0. The number of ether oxygens (including phenoxy) is 2. The lowest BCUT2D eigenvalue weighted by Gasteiger charge is -2.37. The molecule has 2 rings (SSSR count). The van der Waals surface area contributed by atoms with Crippen molar-refractivity contribution in [3.05, 3.63) is 46.0 Å². The molecular weight excluding hydrogens is 544 g/mol. The second kappa shape index (κ2) is 23.3. The van der Waals surface area contributed by atoms with E-state index in [-0.39, 0.29) is 30.6 Å². The van der Waals surface area contributed by atoms with Crippen LogP contribution in [0.15, 0.2) is 30.3 Å². The molecule has 1 aliphatic heterocycles. The molecule has 0 aliphatic carbocycles. The fraction of sp³-hybridized carbons (Fsp3) is 0.700. The van der Waals surface area contributed by atoms with Crippen molar-refractivity contribution in [3.63, 3.8) is 0 Å². The number of carbonyl (C=O) groups is 3. The summed E-state index contributed by atoms with van der Waals surface area (Å²) in [6, 6.07) is 9.45. The molecule has 1 aromatic carbocycles. The molecule has 1 heterocycles. The number of amides is 1. The number of carbonyl (C=O) groups excluding carboxylic acids is 3. The van der Waals surface area contributed by atoms with Crippen LogP contribution >= 0.6 is 0 Å². The van der Waals surface area contributed by atoms with Crippen molar-refractivity contribution >= 4 is 18.3 Å². The van der Waals surface area contributed by atoms with E-state index >= 15 is 0 Å². The van der Waals surface area contributed by atoms with Gasteiger partial charge in [0.1, 0.15) is 6.04 Å². The van der Waals surface area contributed by atoms with E-state index in [2.05, 4.69) is 33.9 Å². The second-order valence-electron chi connectivity index (χ2n) is 10.3. The molecule has 42 heavy (non-hydrogen) atoms. The lowest BCUT2D eigenvalue weighted by atomic mass is 9.99. The lowest BCUT2D eigenvalue weighted by molar-refractivity contribution is -0.757. The quantitative estimate of drug-likeness (QED) is 0.0750. The first-order chi connectivity index (χ1) is 20.3. The molecule has 0 radical (unpaired) electrons. The highest BCUT2D eigenvalue weighted by Crippen LogP contribution is 2.19. The monoisotopic (exact) mass is 594 g/mol. The number of likely N-dealkylation sites (tertiary alicyclic amines) is 1. The zero-order valence-corrected chi connectivity index (χ0v) is 25.2. The number of nitrogens with zero attached hydrogens (tertiary/aromatic N) is 2. The summed E-state index contributed by atoms with van der Waals surface area (Å²) in [5, 5.41) is 12.2. The predicted octanol–water partition coefficient (Wildman–Crippen LogP) is 3.58. The Morgan fingerprint density at radius 2 is 1.83 bits per heavy atom. The molecule has 0 aromatic heterocycles. The van der Waals surface area contributed by atoms with E-state index < -0.39 is 11.1 Å². The molecule has 1 aliphatic rings. The first kappa shape index (κ1) is 36.8. The molecule has 12 heteroatoms. The van der Waals surface area contributed by atoms with E-state index in [4.69, 9.17) is 10.5 Å². The van der Waals surface area contributed by atoms with Crippen LogP contribution in [0.4, 0.5) is 0 Å². The van der Waals surface area contributed by atoms with Gasteiger partial charge >= 0.3 is 5.97 Å². The third-order valence-corrected chi connectivity index (χ3v) is 7.04. The van der Waals surface area contributed by atoms with Gasteiger partial charge in [-0.05, 0) is 90.2 Å². The summed E-state index contributed by atoms with van der Waals surface area (Å²) in [7, 11) is 0.